The fraction of sp³-hybridized carbons (Fsp3) is 0.0179. The molecule has 0 amide bonds. The van der Waals surface area contributed by atoms with Gasteiger partial charge in [-0.05, 0) is 50.7 Å². The maximum Gasteiger partial charge on any atom is 0.239 e. The lowest BCUT2D eigenvalue weighted by Gasteiger charge is -2.33. The molecular weight excluding hydrogens is 761 g/mol. The van der Waals surface area contributed by atoms with Gasteiger partial charge in [-0.15, -0.1) is 0 Å². The molecule has 1 aromatic heterocycles. The number of benzene rings is 10. The van der Waals surface area contributed by atoms with Crippen molar-refractivity contribution in [2.24, 2.45) is 0 Å². The van der Waals surface area contributed by atoms with Gasteiger partial charge in [-0.1, -0.05) is 188 Å². The van der Waals surface area contributed by atoms with Crippen molar-refractivity contribution in [2.75, 3.05) is 4.90 Å². The maximum absolute atomic E-state index is 6.67. The van der Waals surface area contributed by atoms with Crippen molar-refractivity contribution < 1.29 is 9.47 Å². The Kier molecular flexibility index (Phi) is 8.45. The van der Waals surface area contributed by atoms with Gasteiger partial charge in [-0.25, -0.2) is 4.98 Å². The molecule has 0 N–H and O–H groups in total. The van der Waals surface area contributed by atoms with Crippen LogP contribution in [-0.4, -0.2) is 15.0 Å². The fourth-order valence-corrected chi connectivity index (χ4v) is 8.84. The first-order chi connectivity index (χ1) is 30.7. The first-order valence-electron chi connectivity index (χ1n) is 20.8. The summed E-state index contributed by atoms with van der Waals surface area (Å²) in [5.74, 6) is 5.29. The monoisotopic (exact) mass is 796 g/mol. The molecule has 0 spiro atoms. The maximum atomic E-state index is 6.67. The van der Waals surface area contributed by atoms with E-state index in [0.717, 1.165) is 73.5 Å². The molecule has 6 heteroatoms. The molecule has 6 nitrogen and oxygen atoms in total. The lowest BCUT2D eigenvalue weighted by Crippen LogP contribution is -2.20. The molecule has 0 atom stereocenters. The molecule has 10 aromatic carbocycles. The largest absolute Gasteiger partial charge is 0.456 e. The smallest absolute Gasteiger partial charge is 0.239 e. The summed E-state index contributed by atoms with van der Waals surface area (Å²) in [5, 5.41) is 9.29. The molecule has 3 heterocycles. The summed E-state index contributed by atoms with van der Waals surface area (Å²) in [7, 11) is 0. The van der Waals surface area contributed by atoms with Crippen LogP contribution in [0.15, 0.2) is 206 Å². The number of hydrogen-bond donors (Lipinski definition) is 0. The Labute approximate surface area is 358 Å². The van der Waals surface area contributed by atoms with Crippen LogP contribution in [0.4, 0.5) is 17.3 Å². The van der Waals surface area contributed by atoms with Crippen LogP contribution in [0.1, 0.15) is 11.1 Å². The van der Waals surface area contributed by atoms with Gasteiger partial charge in [0.05, 0.1) is 11.4 Å². The average Bonchev–Trinajstić information content (AvgIpc) is 3.35. The number of nitrogens with zero attached hydrogens (tertiary/aromatic N) is 4. The molecule has 0 fully saturated rings. The van der Waals surface area contributed by atoms with Crippen molar-refractivity contribution in [3.63, 3.8) is 0 Å². The Morgan fingerprint density at radius 2 is 0.839 bits per heavy atom. The Hall–Kier alpha value is -8.35. The van der Waals surface area contributed by atoms with Crippen LogP contribution in [0.3, 0.4) is 0 Å². The summed E-state index contributed by atoms with van der Waals surface area (Å²) in [5.41, 5.74) is 6.20. The quantitative estimate of drug-likeness (QED) is 0.177. The number of hydrogen-bond acceptors (Lipinski definition) is 6. The predicted molar refractivity (Wildman–Crippen MR) is 251 cm³/mol. The standard InChI is InChI=1S/C35H22N4O.C21H14O/c1-3-13-25(14-4-1)33-36-34(26-15-5-2-6-16-26)38-35(37-33)39-29-21-19-24-12-8-10-18-28(24)32(29)40-30-22-20-23-11-7-9-17-27(23)31(30)39;1-3-7-17-14(5-1)11-12-20-19(17)13-16-10-9-15-6-2-4-8-18(15)21(16)22-20/h1-22H;1-12H,13H2. The van der Waals surface area contributed by atoms with Crippen molar-refractivity contribution in [3.05, 3.63) is 217 Å². The minimum atomic E-state index is 0.533. The van der Waals surface area contributed by atoms with Gasteiger partial charge >= 0.3 is 0 Å². The summed E-state index contributed by atoms with van der Waals surface area (Å²) in [6.45, 7) is 0. The Morgan fingerprint density at radius 1 is 0.371 bits per heavy atom. The molecule has 0 unspecified atom stereocenters. The number of aromatic nitrogens is 3. The zero-order chi connectivity index (χ0) is 41.0. The Bertz CT molecular complexity index is 3380. The van der Waals surface area contributed by atoms with Gasteiger partial charge < -0.3 is 9.47 Å². The van der Waals surface area contributed by atoms with Gasteiger partial charge in [0.25, 0.3) is 0 Å². The SMILES string of the molecule is c1ccc(-c2nc(-c3ccccc3)nc(N3c4ccc5ccccc5c4Oc4ccc5ccccc5c43)n2)cc1.c1ccc2c3c(ccc2c1)Oc1c(ccc2ccccc12)C3. The Morgan fingerprint density at radius 3 is 1.48 bits per heavy atom. The van der Waals surface area contributed by atoms with Crippen LogP contribution in [0.25, 0.3) is 65.9 Å². The van der Waals surface area contributed by atoms with E-state index >= 15 is 0 Å². The highest BCUT2D eigenvalue weighted by Crippen LogP contribution is 2.54. The second-order valence-corrected chi connectivity index (χ2v) is 15.5. The van der Waals surface area contributed by atoms with Gasteiger partial charge in [0.15, 0.2) is 23.1 Å². The number of anilines is 3. The summed E-state index contributed by atoms with van der Waals surface area (Å²) in [4.78, 5) is 17.2. The second kappa shape index (κ2) is 14.7. The van der Waals surface area contributed by atoms with Gasteiger partial charge in [0, 0.05) is 39.3 Å². The lowest BCUT2D eigenvalue weighted by molar-refractivity contribution is 0.467. The molecule has 0 radical (unpaired) electrons. The minimum absolute atomic E-state index is 0.533. The zero-order valence-corrected chi connectivity index (χ0v) is 33.4. The van der Waals surface area contributed by atoms with E-state index in [1.165, 1.54) is 32.7 Å². The lowest BCUT2D eigenvalue weighted by atomic mass is 9.93. The molecular formula is C56H36N4O2. The van der Waals surface area contributed by atoms with Crippen LogP contribution >= 0.6 is 0 Å². The third-order valence-electron chi connectivity index (χ3n) is 11.8. The van der Waals surface area contributed by atoms with Crippen LogP contribution in [0, 0.1) is 0 Å². The highest BCUT2D eigenvalue weighted by molar-refractivity contribution is 6.06. The summed E-state index contributed by atoms with van der Waals surface area (Å²) in [6, 6.07) is 70.6. The molecule has 11 aromatic rings. The molecule has 0 bridgehead atoms. The molecule has 62 heavy (non-hydrogen) atoms. The molecule has 0 saturated heterocycles. The zero-order valence-electron chi connectivity index (χ0n) is 33.4. The summed E-state index contributed by atoms with van der Waals surface area (Å²) in [6.07, 6.45) is 0.927. The first-order valence-corrected chi connectivity index (χ1v) is 20.8. The molecule has 0 aliphatic carbocycles. The highest BCUT2D eigenvalue weighted by atomic mass is 16.5. The third kappa shape index (κ3) is 6.08. The van der Waals surface area contributed by atoms with E-state index in [0.29, 0.717) is 17.6 Å². The van der Waals surface area contributed by atoms with E-state index in [9.17, 15) is 0 Å². The van der Waals surface area contributed by atoms with E-state index in [4.69, 9.17) is 24.4 Å². The van der Waals surface area contributed by atoms with Crippen molar-refractivity contribution in [1.29, 1.82) is 0 Å². The highest BCUT2D eigenvalue weighted by Gasteiger charge is 2.32. The van der Waals surface area contributed by atoms with E-state index in [1.807, 2.05) is 84.9 Å². The molecule has 2 aliphatic rings. The van der Waals surface area contributed by atoms with Crippen molar-refractivity contribution in [1.82, 2.24) is 15.0 Å². The van der Waals surface area contributed by atoms with E-state index in [-0.39, 0.29) is 0 Å². The molecule has 13 rings (SSSR count). The molecule has 292 valence electrons. The van der Waals surface area contributed by atoms with Crippen molar-refractivity contribution >= 4 is 60.4 Å². The Balaban J connectivity index is 0.000000156. The van der Waals surface area contributed by atoms with E-state index < -0.39 is 0 Å². The average molecular weight is 797 g/mol. The van der Waals surface area contributed by atoms with Crippen LogP contribution in [-0.2, 0) is 6.42 Å². The van der Waals surface area contributed by atoms with E-state index in [2.05, 4.69) is 126 Å². The van der Waals surface area contributed by atoms with Gasteiger partial charge in [0.2, 0.25) is 5.95 Å². The normalized spacial score (nSPS) is 12.4. The van der Waals surface area contributed by atoms with Gasteiger partial charge in [-0.2, -0.15) is 9.97 Å². The molecule has 2 aliphatic heterocycles. The summed E-state index contributed by atoms with van der Waals surface area (Å²) < 4.78 is 13.0. The predicted octanol–water partition coefficient (Wildman–Crippen LogP) is 14.8. The number of fused-ring (bicyclic) bond motifs is 12. The topological polar surface area (TPSA) is 60.4 Å². The van der Waals surface area contributed by atoms with Gasteiger partial charge in [0.1, 0.15) is 11.5 Å². The second-order valence-electron chi connectivity index (χ2n) is 15.5. The van der Waals surface area contributed by atoms with Crippen molar-refractivity contribution in [2.45, 2.75) is 6.42 Å². The van der Waals surface area contributed by atoms with E-state index in [1.54, 1.807) is 0 Å². The number of rotatable bonds is 3. The van der Waals surface area contributed by atoms with Gasteiger partial charge in [-0.3, -0.25) is 4.90 Å². The molecule has 0 saturated carbocycles. The fourth-order valence-electron chi connectivity index (χ4n) is 8.84. The van der Waals surface area contributed by atoms with Crippen LogP contribution in [0.2, 0.25) is 0 Å². The van der Waals surface area contributed by atoms with Crippen LogP contribution < -0.4 is 14.4 Å². The minimum Gasteiger partial charge on any atom is -0.456 e. The number of ether oxygens (including phenoxy) is 2. The van der Waals surface area contributed by atoms with Crippen LogP contribution in [0.5, 0.6) is 23.0 Å². The van der Waals surface area contributed by atoms with Crippen molar-refractivity contribution in [3.8, 4) is 45.8 Å². The third-order valence-corrected chi connectivity index (χ3v) is 11.8. The summed E-state index contributed by atoms with van der Waals surface area (Å²) >= 11 is 0. The first kappa shape index (κ1) is 35.6.